The standard InChI is InChI=1S/C64H43BF18O5P2/c66-59(67,68)44-31-42(32-45(35-44)60(69,70)71)57(84)40-89(51-19-7-1-8-20-51,52-21-9-2-10-22-52,53-23-11-3-12-24-53)87-65(86-50-38-48(63(78,79)80)37-49(39-50)64(81,82)83)88-90(54-25-13-4-14-26-54,55-27-15-5-16-28-55,56-29-17-6-18-30-56)41-58(85)43-33-46(61(72,73)74)36-47(34-43)62(75,76)77/h1-39H,40-41H2. The van der Waals surface area contributed by atoms with Gasteiger partial charge in [-0.25, -0.2) is 0 Å². The van der Waals surface area contributed by atoms with Gasteiger partial charge in [-0.2, -0.15) is 0 Å². The number of alkyl halides is 18. The number of benzene rings is 9. The molecular formula is C64H43BF18O5P2. The zero-order valence-electron chi connectivity index (χ0n) is 45.7. The summed E-state index contributed by atoms with van der Waals surface area (Å²) in [6.07, 6.45) is -36.4. The molecule has 0 bridgehead atoms. The predicted octanol–water partition coefficient (Wildman–Crippen LogP) is 16.9. The molecule has 0 saturated heterocycles. The minimum absolute atomic E-state index is 0.0684. The van der Waals surface area contributed by atoms with Crippen molar-refractivity contribution < 1.29 is 102 Å². The van der Waals surface area contributed by atoms with Gasteiger partial charge in [0.15, 0.2) is 0 Å². The summed E-state index contributed by atoms with van der Waals surface area (Å²) < 4.78 is 289. The third kappa shape index (κ3) is 12.9. The molecule has 468 valence electrons. The van der Waals surface area contributed by atoms with Crippen molar-refractivity contribution in [1.82, 2.24) is 0 Å². The minimum atomic E-state index is -6.25. The van der Waals surface area contributed by atoms with Gasteiger partial charge < -0.3 is 0 Å². The molecule has 90 heavy (non-hydrogen) atoms. The van der Waals surface area contributed by atoms with E-state index < -0.39 is 132 Å². The van der Waals surface area contributed by atoms with E-state index in [1.54, 1.807) is 0 Å². The number of carbonyl (C=O) groups excluding carboxylic acids is 2. The zero-order valence-corrected chi connectivity index (χ0v) is 47.5. The van der Waals surface area contributed by atoms with Crippen LogP contribution in [0.3, 0.4) is 0 Å². The third-order valence-electron chi connectivity index (χ3n) is 15.0. The van der Waals surface area contributed by atoms with E-state index in [1.807, 2.05) is 0 Å². The first-order valence-corrected chi connectivity index (χ1v) is 31.1. The van der Waals surface area contributed by atoms with Crippen LogP contribution in [0.15, 0.2) is 237 Å². The monoisotopic (exact) mass is 1310 g/mol. The van der Waals surface area contributed by atoms with Crippen LogP contribution in [-0.4, -0.2) is 31.2 Å². The second-order valence-electron chi connectivity index (χ2n) is 20.5. The number of hydrogen-bond donors (Lipinski definition) is 0. The van der Waals surface area contributed by atoms with Crippen molar-refractivity contribution in [3.8, 4) is 5.75 Å². The molecule has 0 radical (unpaired) electrons. The number of ketones is 2. The SMILES string of the molecule is O=C(CP(OB(Oc1cc(C(F)(F)F)cc(C(F)(F)F)c1)OP(CC(=O)c1cc(C(F)(F)F)cc(C(F)(F)F)c1)(c1ccccc1)(c1ccccc1)c1ccccc1)(c1ccccc1)(c1ccccc1)c1ccccc1)c1cc(C(F)(F)F)cc(C(F)(F)F)c1. The van der Waals surface area contributed by atoms with Gasteiger partial charge in [0.2, 0.25) is 0 Å². The maximum absolute atomic E-state index is 15.8. The predicted molar refractivity (Wildman–Crippen MR) is 307 cm³/mol. The Morgan fingerprint density at radius 3 is 0.667 bits per heavy atom. The van der Waals surface area contributed by atoms with E-state index in [1.165, 1.54) is 182 Å². The van der Waals surface area contributed by atoms with Crippen molar-refractivity contribution in [3.05, 3.63) is 281 Å². The summed E-state index contributed by atoms with van der Waals surface area (Å²) in [5, 5.41) is -1.29. The summed E-state index contributed by atoms with van der Waals surface area (Å²) in [7, 11) is -3.13. The normalized spacial score (nSPS) is 13.8. The van der Waals surface area contributed by atoms with Crippen LogP contribution in [-0.2, 0) is 45.9 Å². The van der Waals surface area contributed by atoms with E-state index in [2.05, 4.69) is 0 Å². The van der Waals surface area contributed by atoms with Crippen LogP contribution < -0.4 is 36.5 Å². The Balaban J connectivity index is 1.50. The molecule has 9 aromatic carbocycles. The fourth-order valence-electron chi connectivity index (χ4n) is 10.9. The molecule has 0 amide bonds. The Kier molecular flexibility index (Phi) is 17.7. The van der Waals surface area contributed by atoms with Gasteiger partial charge in [0.05, 0.1) is 0 Å². The van der Waals surface area contributed by atoms with Gasteiger partial charge in [0.1, 0.15) is 0 Å². The number of rotatable bonds is 18. The average Bonchev–Trinajstić information content (AvgIpc) is 0.689. The molecule has 9 aromatic rings. The van der Waals surface area contributed by atoms with Crippen LogP contribution >= 0.6 is 13.7 Å². The Morgan fingerprint density at radius 2 is 0.478 bits per heavy atom. The van der Waals surface area contributed by atoms with E-state index in [9.17, 15) is 52.7 Å². The molecule has 0 aromatic heterocycles. The van der Waals surface area contributed by atoms with Gasteiger partial charge in [-0.3, -0.25) is 0 Å². The zero-order chi connectivity index (χ0) is 65.4. The molecule has 0 spiro atoms. The Morgan fingerprint density at radius 1 is 0.289 bits per heavy atom. The summed E-state index contributed by atoms with van der Waals surface area (Å²) in [6, 6.07) is 39.7. The van der Waals surface area contributed by atoms with E-state index in [4.69, 9.17) is 13.5 Å². The number of halogens is 18. The third-order valence-corrected chi connectivity index (χ3v) is 26.4. The van der Waals surface area contributed by atoms with Crippen molar-refractivity contribution in [2.24, 2.45) is 0 Å². The molecule has 0 fully saturated rings. The van der Waals surface area contributed by atoms with Crippen LogP contribution in [0.1, 0.15) is 54.1 Å². The molecule has 0 aliphatic heterocycles. The van der Waals surface area contributed by atoms with Crippen molar-refractivity contribution >= 4 is 64.4 Å². The van der Waals surface area contributed by atoms with Gasteiger partial charge in [0.25, 0.3) is 0 Å². The van der Waals surface area contributed by atoms with Gasteiger partial charge in [-0.1, -0.05) is 0 Å². The summed E-state index contributed by atoms with van der Waals surface area (Å²) in [5.74, 6) is -4.58. The molecule has 5 nitrogen and oxygen atoms in total. The quantitative estimate of drug-likeness (QED) is 0.0371. The molecule has 0 N–H and O–H groups in total. The van der Waals surface area contributed by atoms with Crippen LogP contribution in [0.5, 0.6) is 5.75 Å². The van der Waals surface area contributed by atoms with E-state index in [0.717, 1.165) is 0 Å². The van der Waals surface area contributed by atoms with E-state index in [-0.39, 0.29) is 86.4 Å². The van der Waals surface area contributed by atoms with Gasteiger partial charge in [-0.15, -0.1) is 0 Å². The van der Waals surface area contributed by atoms with Crippen molar-refractivity contribution in [2.75, 3.05) is 12.3 Å². The van der Waals surface area contributed by atoms with E-state index >= 15 is 35.9 Å². The summed E-state index contributed by atoms with van der Waals surface area (Å²) in [5.41, 5.74) is -14.4. The first-order valence-electron chi connectivity index (χ1n) is 26.4. The van der Waals surface area contributed by atoms with Gasteiger partial charge in [0, 0.05) is 0 Å². The second kappa shape index (κ2) is 24.2. The summed E-state index contributed by atoms with van der Waals surface area (Å²) in [4.78, 5) is 31.6. The topological polar surface area (TPSA) is 61.8 Å². The molecule has 0 heterocycles. The van der Waals surface area contributed by atoms with Gasteiger partial charge >= 0.3 is 503 Å². The Bertz CT molecular complexity index is 3520. The van der Waals surface area contributed by atoms with Crippen LogP contribution in [0.25, 0.3) is 0 Å². The number of carbonyl (C=O) groups is 2. The van der Waals surface area contributed by atoms with Crippen molar-refractivity contribution in [1.29, 1.82) is 0 Å². The fourth-order valence-corrected chi connectivity index (χ4v) is 21.9. The average molecular weight is 1310 g/mol. The molecule has 0 saturated carbocycles. The van der Waals surface area contributed by atoms with Crippen molar-refractivity contribution in [3.63, 3.8) is 0 Å². The summed E-state index contributed by atoms with van der Waals surface area (Å²) in [6.45, 7) is -12.5. The maximum atomic E-state index is 15.8. The number of Topliss-reactive ketones (excluding diaryl/α,β-unsaturated/α-hetero) is 2. The van der Waals surface area contributed by atoms with Crippen LogP contribution in [0, 0.1) is 0 Å². The molecule has 26 heteroatoms. The Labute approximate surface area is 501 Å². The second-order valence-corrected chi connectivity index (χ2v) is 29.6. The van der Waals surface area contributed by atoms with Gasteiger partial charge in [-0.05, 0) is 0 Å². The first-order chi connectivity index (χ1) is 42.1. The molecule has 0 aliphatic carbocycles. The Hall–Kier alpha value is -8.30. The molecule has 0 aliphatic rings. The first kappa shape index (κ1) is 66.1. The van der Waals surface area contributed by atoms with Crippen LogP contribution in [0.2, 0.25) is 0 Å². The molecule has 9 rings (SSSR count). The van der Waals surface area contributed by atoms with Crippen molar-refractivity contribution in [2.45, 2.75) is 37.1 Å². The fraction of sp³-hybridized carbons (Fsp3) is 0.125. The molecule has 0 unspecified atom stereocenters. The summed E-state index contributed by atoms with van der Waals surface area (Å²) >= 11 is 0. The van der Waals surface area contributed by atoms with Crippen LogP contribution in [0.4, 0.5) is 79.0 Å². The number of hydrogen-bond acceptors (Lipinski definition) is 5. The molecular weight excluding hydrogens is 1260 g/mol. The van der Waals surface area contributed by atoms with E-state index in [0.29, 0.717) is 0 Å². The molecule has 0 atom stereocenters.